The monoisotopic (exact) mass is 1210 g/mol. The predicted molar refractivity (Wildman–Crippen MR) is 401 cm³/mol. The summed E-state index contributed by atoms with van der Waals surface area (Å²) in [4.78, 5) is 14.2. The van der Waals surface area contributed by atoms with Crippen LogP contribution >= 0.6 is 0 Å². The van der Waals surface area contributed by atoms with Crippen molar-refractivity contribution in [2.75, 3.05) is 0 Å². The number of nitrogens with zero attached hydrogens (tertiary/aromatic N) is 4. The molecule has 4 aromatic heterocycles. The molecular formula is C91H58N4. The normalized spacial score (nSPS) is 11.6. The van der Waals surface area contributed by atoms with Crippen LogP contribution in [0.1, 0.15) is 0 Å². The number of hydrogen-bond acceptors (Lipinski definition) is 3. The Balaban J connectivity index is 0.000000140. The lowest BCUT2D eigenvalue weighted by molar-refractivity contribution is 1.19. The van der Waals surface area contributed by atoms with Crippen LogP contribution in [0.4, 0.5) is 0 Å². The molecule has 95 heavy (non-hydrogen) atoms. The molecule has 0 aliphatic heterocycles. The fourth-order valence-corrected chi connectivity index (χ4v) is 14.5. The van der Waals surface area contributed by atoms with Crippen molar-refractivity contribution in [3.8, 4) is 89.1 Å². The third-order valence-electron chi connectivity index (χ3n) is 19.1. The number of imidazole rings is 1. The van der Waals surface area contributed by atoms with Crippen LogP contribution in [-0.4, -0.2) is 19.4 Å². The Morgan fingerprint density at radius 1 is 0.221 bits per heavy atom. The van der Waals surface area contributed by atoms with Gasteiger partial charge in [0.25, 0.3) is 0 Å². The zero-order valence-electron chi connectivity index (χ0n) is 51.8. The van der Waals surface area contributed by atoms with Crippen LogP contribution in [0.25, 0.3) is 181 Å². The highest BCUT2D eigenvalue weighted by molar-refractivity contribution is 6.24. The van der Waals surface area contributed by atoms with Crippen LogP contribution in [0.5, 0.6) is 0 Å². The van der Waals surface area contributed by atoms with Gasteiger partial charge in [0.05, 0.1) is 11.2 Å². The van der Waals surface area contributed by atoms with Crippen molar-refractivity contribution in [2.45, 2.75) is 0 Å². The molecule has 0 saturated carbocycles. The molecule has 4 heterocycles. The number of benzene rings is 15. The summed E-state index contributed by atoms with van der Waals surface area (Å²) >= 11 is 0. The summed E-state index contributed by atoms with van der Waals surface area (Å²) in [5.74, 6) is 0. The van der Waals surface area contributed by atoms with Gasteiger partial charge < -0.3 is 4.40 Å². The zero-order valence-corrected chi connectivity index (χ0v) is 51.8. The van der Waals surface area contributed by atoms with Crippen molar-refractivity contribution < 1.29 is 0 Å². The second-order valence-electron chi connectivity index (χ2n) is 24.7. The third kappa shape index (κ3) is 10.0. The summed E-state index contributed by atoms with van der Waals surface area (Å²) < 4.78 is 2.06. The van der Waals surface area contributed by atoms with E-state index in [1.165, 1.54) is 131 Å². The van der Waals surface area contributed by atoms with Crippen molar-refractivity contribution in [1.29, 1.82) is 0 Å². The molecule has 4 nitrogen and oxygen atoms in total. The number of pyridine rings is 3. The van der Waals surface area contributed by atoms with Crippen LogP contribution in [0, 0.1) is 0 Å². The SMILES string of the molecule is c1ccc2cc(-c3c4ccccc4c(-c4ccc(-c5ccc(-c6cn7ccccc7n6)cc5)cc4)c4ccccc34)ccc2c1.c1ccc2cc(-c3c4ccccc4c(-c4ccc5ccccc5c4)c4cc(-c5cncc(-c6cnc7ccccc7c6)c5)ccc34)ccc2c1. The van der Waals surface area contributed by atoms with Crippen molar-refractivity contribution in [3.05, 3.63) is 353 Å². The maximum absolute atomic E-state index is 4.78. The molecule has 0 amide bonds. The molecule has 442 valence electrons. The van der Waals surface area contributed by atoms with E-state index in [2.05, 4.69) is 302 Å². The maximum Gasteiger partial charge on any atom is 0.137 e. The van der Waals surface area contributed by atoms with E-state index in [4.69, 9.17) is 15.0 Å². The third-order valence-corrected chi connectivity index (χ3v) is 19.1. The highest BCUT2D eigenvalue weighted by atomic mass is 15.0. The molecule has 0 aliphatic rings. The molecule has 0 N–H and O–H groups in total. The van der Waals surface area contributed by atoms with Crippen LogP contribution in [0.3, 0.4) is 0 Å². The van der Waals surface area contributed by atoms with Gasteiger partial charge in [0.2, 0.25) is 0 Å². The van der Waals surface area contributed by atoms with Gasteiger partial charge in [-0.05, 0) is 191 Å². The van der Waals surface area contributed by atoms with Gasteiger partial charge in [-0.25, -0.2) is 4.98 Å². The number of hydrogen-bond donors (Lipinski definition) is 0. The molecular weight excluding hydrogens is 1150 g/mol. The van der Waals surface area contributed by atoms with E-state index in [1.54, 1.807) is 0 Å². The lowest BCUT2D eigenvalue weighted by Gasteiger charge is -2.19. The van der Waals surface area contributed by atoms with Crippen LogP contribution < -0.4 is 0 Å². The molecule has 0 unspecified atom stereocenters. The Hall–Kier alpha value is -12.6. The Morgan fingerprint density at radius 2 is 0.589 bits per heavy atom. The summed E-state index contributed by atoms with van der Waals surface area (Å²) in [6, 6.07) is 116. The van der Waals surface area contributed by atoms with Crippen molar-refractivity contribution >= 4 is 92.0 Å². The van der Waals surface area contributed by atoms with Crippen LogP contribution in [0.15, 0.2) is 353 Å². The summed E-state index contributed by atoms with van der Waals surface area (Å²) in [7, 11) is 0. The first-order chi connectivity index (χ1) is 47.1. The van der Waals surface area contributed by atoms with Crippen molar-refractivity contribution in [2.24, 2.45) is 0 Å². The van der Waals surface area contributed by atoms with Crippen molar-refractivity contribution in [1.82, 2.24) is 19.4 Å². The van der Waals surface area contributed by atoms with Gasteiger partial charge in [-0.2, -0.15) is 0 Å². The molecule has 19 rings (SSSR count). The maximum atomic E-state index is 4.78. The minimum absolute atomic E-state index is 0.956. The Labute approximate surface area is 549 Å². The largest absolute Gasteiger partial charge is 0.306 e. The van der Waals surface area contributed by atoms with E-state index in [-0.39, 0.29) is 0 Å². The minimum atomic E-state index is 0.956. The van der Waals surface area contributed by atoms with E-state index in [1.807, 2.05) is 55.1 Å². The smallest absolute Gasteiger partial charge is 0.137 e. The lowest BCUT2D eigenvalue weighted by atomic mass is 9.84. The minimum Gasteiger partial charge on any atom is -0.306 e. The van der Waals surface area contributed by atoms with Gasteiger partial charge in [-0.1, -0.05) is 267 Å². The van der Waals surface area contributed by atoms with Crippen LogP contribution in [0.2, 0.25) is 0 Å². The fraction of sp³-hybridized carbons (Fsp3) is 0. The fourth-order valence-electron chi connectivity index (χ4n) is 14.5. The molecule has 0 spiro atoms. The molecule has 4 heteroatoms. The number of aromatic nitrogens is 4. The van der Waals surface area contributed by atoms with Gasteiger partial charge in [0, 0.05) is 58.6 Å². The lowest BCUT2D eigenvalue weighted by Crippen LogP contribution is -1.92. The Kier molecular flexibility index (Phi) is 13.5. The second kappa shape index (κ2) is 23.2. The first-order valence-corrected chi connectivity index (χ1v) is 32.4. The molecule has 15 aromatic carbocycles. The molecule has 19 aromatic rings. The molecule has 0 bridgehead atoms. The highest BCUT2D eigenvalue weighted by Gasteiger charge is 2.21. The van der Waals surface area contributed by atoms with E-state index in [0.29, 0.717) is 0 Å². The molecule has 0 radical (unpaired) electrons. The van der Waals surface area contributed by atoms with E-state index >= 15 is 0 Å². The quantitative estimate of drug-likeness (QED) is 0.142. The summed E-state index contributed by atoms with van der Waals surface area (Å²) in [5, 5.41) is 18.6. The predicted octanol–water partition coefficient (Wildman–Crippen LogP) is 24.4. The van der Waals surface area contributed by atoms with Crippen molar-refractivity contribution in [3.63, 3.8) is 0 Å². The van der Waals surface area contributed by atoms with Gasteiger partial charge in [-0.3, -0.25) is 9.97 Å². The Bertz CT molecular complexity index is 6130. The van der Waals surface area contributed by atoms with E-state index < -0.39 is 0 Å². The average molecular weight is 1210 g/mol. The number of fused-ring (bicyclic) bond motifs is 9. The van der Waals surface area contributed by atoms with Gasteiger partial charge in [0.15, 0.2) is 0 Å². The summed E-state index contributed by atoms with van der Waals surface area (Å²) in [5.41, 5.74) is 20.7. The standard InChI is InChI=1S/C48H30N2.C43H28N2/c1-3-11-33-23-37(19-17-31(33)9-1)47-42-14-6-7-15-43(42)48(38-20-18-32-10-2-4-12-34(32)24-38)45-27-35(21-22-44(45)47)39-26-40(29-49-28-39)41-25-36-13-5-8-16-46(36)50-30-41;1-2-10-34-27-35(25-20-29(34)9-1)43-38-13-5-3-11-36(38)42(37-12-4-6-14-39(37)43)33-23-18-31(19-24-33)30-16-21-32(22-17-30)40-28-45-26-8-7-15-41(45)44-40/h1-30H;1-28H. The summed E-state index contributed by atoms with van der Waals surface area (Å²) in [6.07, 6.45) is 9.97. The van der Waals surface area contributed by atoms with Gasteiger partial charge in [0.1, 0.15) is 5.65 Å². The zero-order chi connectivity index (χ0) is 62.8. The molecule has 0 atom stereocenters. The van der Waals surface area contributed by atoms with E-state index in [0.717, 1.165) is 50.1 Å². The first-order valence-electron chi connectivity index (χ1n) is 32.4. The van der Waals surface area contributed by atoms with Crippen LogP contribution in [-0.2, 0) is 0 Å². The molecule has 0 saturated heterocycles. The number of para-hydroxylation sites is 1. The molecule has 0 fully saturated rings. The van der Waals surface area contributed by atoms with E-state index in [9.17, 15) is 0 Å². The summed E-state index contributed by atoms with van der Waals surface area (Å²) in [6.45, 7) is 0. The second-order valence-corrected chi connectivity index (χ2v) is 24.7. The van der Waals surface area contributed by atoms with Gasteiger partial charge in [-0.15, -0.1) is 0 Å². The average Bonchev–Trinajstić information content (AvgIpc) is 1.13. The first kappa shape index (κ1) is 55.2. The number of rotatable bonds is 8. The highest BCUT2D eigenvalue weighted by Crippen LogP contribution is 2.48. The topological polar surface area (TPSA) is 43.1 Å². The Morgan fingerprint density at radius 3 is 1.11 bits per heavy atom. The van der Waals surface area contributed by atoms with Gasteiger partial charge >= 0.3 is 0 Å². The molecule has 0 aliphatic carbocycles.